The van der Waals surface area contributed by atoms with Crippen LogP contribution in [0.2, 0.25) is 0 Å². The minimum Gasteiger partial charge on any atom is -0.383 e. The molecule has 0 atom stereocenters. The van der Waals surface area contributed by atoms with Crippen LogP contribution < -0.4 is 5.73 Å². The molecule has 0 unspecified atom stereocenters. The minimum absolute atomic E-state index is 0.259. The van der Waals surface area contributed by atoms with Gasteiger partial charge in [-0.05, 0) is 18.6 Å². The Morgan fingerprint density at radius 2 is 2.00 bits per heavy atom. The molecule has 1 heterocycles. The molecule has 0 radical (unpaired) electrons. The number of halogens is 1. The van der Waals surface area contributed by atoms with Crippen LogP contribution in [0, 0.1) is 5.82 Å². The number of nitrogens with two attached hydrogens (primary N) is 1. The van der Waals surface area contributed by atoms with Crippen molar-refractivity contribution in [2.45, 2.75) is 46.1 Å². The Kier molecular flexibility index (Phi) is 4.42. The smallest absolute Gasteiger partial charge is 0.132 e. The molecule has 0 amide bonds. The molecule has 0 aliphatic heterocycles. The van der Waals surface area contributed by atoms with Crippen LogP contribution >= 0.6 is 0 Å². The van der Waals surface area contributed by atoms with Crippen molar-refractivity contribution in [2.75, 3.05) is 5.73 Å². The lowest BCUT2D eigenvalue weighted by Crippen LogP contribution is -2.08. The van der Waals surface area contributed by atoms with Crippen LogP contribution in [0.5, 0.6) is 0 Å². The monoisotopic (exact) mass is 275 g/mol. The minimum atomic E-state index is -0.283. The van der Waals surface area contributed by atoms with E-state index in [0.717, 1.165) is 25.2 Å². The van der Waals surface area contributed by atoms with Gasteiger partial charge in [-0.25, -0.2) is 9.37 Å². The third-order valence-electron chi connectivity index (χ3n) is 3.42. The summed E-state index contributed by atoms with van der Waals surface area (Å²) in [4.78, 5) is 4.59. The van der Waals surface area contributed by atoms with Gasteiger partial charge in [-0.1, -0.05) is 39.3 Å². The molecule has 0 aliphatic rings. The number of anilines is 1. The molecule has 3 nitrogen and oxygen atoms in total. The molecule has 4 heteroatoms. The van der Waals surface area contributed by atoms with E-state index in [2.05, 4.69) is 25.8 Å². The number of aromatic nitrogens is 2. The summed E-state index contributed by atoms with van der Waals surface area (Å²) in [6.45, 7) is 7.13. The van der Waals surface area contributed by atoms with E-state index in [4.69, 9.17) is 5.73 Å². The molecular formula is C16H22FN3. The number of nitrogens with zero attached hydrogens (tertiary/aromatic N) is 2. The van der Waals surface area contributed by atoms with Crippen LogP contribution in [0.3, 0.4) is 0 Å². The number of hydrogen-bond donors (Lipinski definition) is 1. The molecular weight excluding hydrogens is 253 g/mol. The van der Waals surface area contributed by atoms with Gasteiger partial charge in [0.1, 0.15) is 23.2 Å². The predicted octanol–water partition coefficient (Wildman–Crippen LogP) is 4.19. The van der Waals surface area contributed by atoms with Crippen molar-refractivity contribution in [1.29, 1.82) is 0 Å². The Morgan fingerprint density at radius 3 is 2.60 bits per heavy atom. The molecule has 108 valence electrons. The van der Waals surface area contributed by atoms with E-state index >= 15 is 0 Å². The summed E-state index contributed by atoms with van der Waals surface area (Å²) in [6, 6.07) is 6.64. The van der Waals surface area contributed by atoms with E-state index in [1.165, 1.54) is 6.07 Å². The first-order valence-corrected chi connectivity index (χ1v) is 7.17. The van der Waals surface area contributed by atoms with Crippen LogP contribution in [0.15, 0.2) is 24.3 Å². The molecule has 2 aromatic rings. The molecule has 1 aromatic carbocycles. The molecule has 2 N–H and O–H groups in total. The maximum absolute atomic E-state index is 13.9. The van der Waals surface area contributed by atoms with Crippen molar-refractivity contribution in [2.24, 2.45) is 0 Å². The fourth-order valence-electron chi connectivity index (χ4n) is 2.33. The number of imidazole rings is 1. The standard InChI is InChI=1S/C16H22FN3/c1-4-5-10-20-15(18)14(19-16(20)11(2)3)12-8-6-7-9-13(12)17/h6-9,11H,4-5,10,18H2,1-3H3. The Labute approximate surface area is 119 Å². The van der Waals surface area contributed by atoms with E-state index in [-0.39, 0.29) is 11.7 Å². The summed E-state index contributed by atoms with van der Waals surface area (Å²) in [6.07, 6.45) is 2.13. The lowest BCUT2D eigenvalue weighted by molar-refractivity contribution is 0.588. The number of nitrogen functional groups attached to an aromatic ring is 1. The highest BCUT2D eigenvalue weighted by molar-refractivity contribution is 5.71. The Bertz CT molecular complexity index is 587. The van der Waals surface area contributed by atoms with Gasteiger partial charge in [-0.2, -0.15) is 0 Å². The molecule has 1 aromatic heterocycles. The predicted molar refractivity (Wildman–Crippen MR) is 81.0 cm³/mol. The third kappa shape index (κ3) is 2.69. The van der Waals surface area contributed by atoms with Gasteiger partial charge in [0.15, 0.2) is 0 Å². The average Bonchev–Trinajstić information content (AvgIpc) is 2.74. The Balaban J connectivity index is 2.53. The molecule has 20 heavy (non-hydrogen) atoms. The summed E-state index contributed by atoms with van der Waals surface area (Å²) >= 11 is 0. The van der Waals surface area contributed by atoms with E-state index in [1.807, 2.05) is 4.57 Å². The first kappa shape index (κ1) is 14.6. The second-order valence-electron chi connectivity index (χ2n) is 5.34. The van der Waals surface area contributed by atoms with E-state index in [0.29, 0.717) is 17.1 Å². The van der Waals surface area contributed by atoms with Gasteiger partial charge in [0.25, 0.3) is 0 Å². The maximum Gasteiger partial charge on any atom is 0.132 e. The highest BCUT2D eigenvalue weighted by Crippen LogP contribution is 2.31. The molecule has 0 spiro atoms. The zero-order chi connectivity index (χ0) is 14.7. The van der Waals surface area contributed by atoms with Crippen LogP contribution in [0.1, 0.15) is 45.4 Å². The van der Waals surface area contributed by atoms with Crippen LogP contribution in [0.4, 0.5) is 10.2 Å². The molecule has 0 fully saturated rings. The maximum atomic E-state index is 13.9. The van der Waals surface area contributed by atoms with Gasteiger partial charge in [-0.3, -0.25) is 0 Å². The number of hydrogen-bond acceptors (Lipinski definition) is 2. The van der Waals surface area contributed by atoms with Gasteiger partial charge in [-0.15, -0.1) is 0 Å². The molecule has 2 rings (SSSR count). The van der Waals surface area contributed by atoms with Crippen molar-refractivity contribution in [3.05, 3.63) is 35.9 Å². The fraction of sp³-hybridized carbons (Fsp3) is 0.438. The van der Waals surface area contributed by atoms with Crippen LogP contribution in [-0.2, 0) is 6.54 Å². The molecule has 0 aliphatic carbocycles. The molecule has 0 saturated carbocycles. The highest BCUT2D eigenvalue weighted by Gasteiger charge is 2.19. The quantitative estimate of drug-likeness (QED) is 0.889. The zero-order valence-electron chi connectivity index (χ0n) is 12.4. The fourth-order valence-corrected chi connectivity index (χ4v) is 2.33. The SMILES string of the molecule is CCCCn1c(C(C)C)nc(-c2ccccc2F)c1N. The van der Waals surface area contributed by atoms with Crippen molar-refractivity contribution in [1.82, 2.24) is 9.55 Å². The Hall–Kier alpha value is -1.84. The van der Waals surface area contributed by atoms with E-state index in [1.54, 1.807) is 18.2 Å². The lowest BCUT2D eigenvalue weighted by Gasteiger charge is -2.11. The average molecular weight is 275 g/mol. The van der Waals surface area contributed by atoms with Gasteiger partial charge in [0, 0.05) is 18.0 Å². The van der Waals surface area contributed by atoms with Crippen molar-refractivity contribution in [3.63, 3.8) is 0 Å². The largest absolute Gasteiger partial charge is 0.383 e. The Morgan fingerprint density at radius 1 is 1.30 bits per heavy atom. The van der Waals surface area contributed by atoms with Crippen molar-refractivity contribution >= 4 is 5.82 Å². The zero-order valence-corrected chi connectivity index (χ0v) is 12.4. The summed E-state index contributed by atoms with van der Waals surface area (Å²) < 4.78 is 16.0. The van der Waals surface area contributed by atoms with Gasteiger partial charge in [0.05, 0.1) is 0 Å². The van der Waals surface area contributed by atoms with Crippen molar-refractivity contribution < 1.29 is 4.39 Å². The first-order chi connectivity index (χ1) is 9.56. The number of benzene rings is 1. The van der Waals surface area contributed by atoms with Gasteiger partial charge in [0.2, 0.25) is 0 Å². The summed E-state index contributed by atoms with van der Waals surface area (Å²) in [5.41, 5.74) is 7.25. The topological polar surface area (TPSA) is 43.8 Å². The summed E-state index contributed by atoms with van der Waals surface area (Å²) in [5.74, 6) is 1.46. The molecule has 0 bridgehead atoms. The van der Waals surface area contributed by atoms with Gasteiger partial charge >= 0.3 is 0 Å². The van der Waals surface area contributed by atoms with Crippen LogP contribution in [0.25, 0.3) is 11.3 Å². The summed E-state index contributed by atoms with van der Waals surface area (Å²) in [5, 5.41) is 0. The van der Waals surface area contributed by atoms with Gasteiger partial charge < -0.3 is 10.3 Å². The first-order valence-electron chi connectivity index (χ1n) is 7.17. The number of unbranched alkanes of at least 4 members (excludes halogenated alkanes) is 1. The normalized spacial score (nSPS) is 11.2. The highest BCUT2D eigenvalue weighted by atomic mass is 19.1. The summed E-state index contributed by atoms with van der Waals surface area (Å²) in [7, 11) is 0. The van der Waals surface area contributed by atoms with E-state index < -0.39 is 0 Å². The van der Waals surface area contributed by atoms with Crippen molar-refractivity contribution in [3.8, 4) is 11.3 Å². The second-order valence-corrected chi connectivity index (χ2v) is 5.34. The van der Waals surface area contributed by atoms with Crippen LogP contribution in [-0.4, -0.2) is 9.55 Å². The number of rotatable bonds is 5. The van der Waals surface area contributed by atoms with E-state index in [9.17, 15) is 4.39 Å². The third-order valence-corrected chi connectivity index (χ3v) is 3.42. The second kappa shape index (κ2) is 6.07. The molecule has 0 saturated heterocycles. The lowest BCUT2D eigenvalue weighted by atomic mass is 10.1.